The van der Waals surface area contributed by atoms with Crippen LogP contribution in [0.3, 0.4) is 0 Å². The first-order valence-electron chi connectivity index (χ1n) is 7.94. The zero-order chi connectivity index (χ0) is 17.9. The molecule has 25 heavy (non-hydrogen) atoms. The number of aromatic nitrogens is 1. The molecule has 0 unspecified atom stereocenters. The normalized spacial score (nSPS) is 10.1. The monoisotopic (exact) mass is 359 g/mol. The van der Waals surface area contributed by atoms with Crippen LogP contribution in [-0.4, -0.2) is 35.7 Å². The maximum Gasteiger partial charge on any atom is 0.257 e. The quantitative estimate of drug-likeness (QED) is 0.719. The number of benzene rings is 1. The van der Waals surface area contributed by atoms with Gasteiger partial charge in [0.2, 0.25) is 5.91 Å². The van der Waals surface area contributed by atoms with Crippen LogP contribution in [0.25, 0.3) is 0 Å². The molecule has 1 heterocycles. The number of hydrogen-bond acceptors (Lipinski definition) is 5. The van der Waals surface area contributed by atoms with Gasteiger partial charge < -0.3 is 15.4 Å². The van der Waals surface area contributed by atoms with Gasteiger partial charge in [-0.05, 0) is 31.2 Å². The molecule has 132 valence electrons. The Morgan fingerprint density at radius 3 is 2.80 bits per heavy atom. The summed E-state index contributed by atoms with van der Waals surface area (Å²) in [5, 5.41) is 5.48. The molecule has 2 aromatic rings. The highest BCUT2D eigenvalue weighted by atomic mass is 32.2. The molecule has 0 radical (unpaired) electrons. The van der Waals surface area contributed by atoms with Crippen LogP contribution in [0.4, 0.5) is 5.69 Å². The first-order chi connectivity index (χ1) is 12.2. The molecular weight excluding hydrogens is 338 g/mol. The lowest BCUT2D eigenvalue weighted by molar-refractivity contribution is -0.123. The standard InChI is InChI=1S/C18H21N3O3S/c1-2-19-17(22)11-24-16-8-5-7-14(10-16)21-18(23)13-25-12-15-6-3-4-9-20-15/h3-10H,2,11-13H2,1H3,(H,19,22)(H,21,23). The molecule has 0 saturated carbocycles. The second kappa shape index (κ2) is 10.4. The number of nitrogens with zero attached hydrogens (tertiary/aromatic N) is 1. The number of anilines is 1. The smallest absolute Gasteiger partial charge is 0.257 e. The summed E-state index contributed by atoms with van der Waals surface area (Å²) in [5.41, 5.74) is 1.58. The van der Waals surface area contributed by atoms with E-state index in [4.69, 9.17) is 4.74 Å². The summed E-state index contributed by atoms with van der Waals surface area (Å²) >= 11 is 1.50. The van der Waals surface area contributed by atoms with Gasteiger partial charge in [0.25, 0.3) is 5.91 Å². The van der Waals surface area contributed by atoms with Gasteiger partial charge in [-0.1, -0.05) is 12.1 Å². The zero-order valence-electron chi connectivity index (χ0n) is 14.0. The third-order valence-electron chi connectivity index (χ3n) is 3.07. The van der Waals surface area contributed by atoms with Crippen LogP contribution in [0, 0.1) is 0 Å². The predicted octanol–water partition coefficient (Wildman–Crippen LogP) is 2.47. The zero-order valence-corrected chi connectivity index (χ0v) is 14.8. The van der Waals surface area contributed by atoms with E-state index >= 15 is 0 Å². The minimum Gasteiger partial charge on any atom is -0.484 e. The van der Waals surface area contributed by atoms with Crippen molar-refractivity contribution in [2.24, 2.45) is 0 Å². The second-order valence-corrected chi connectivity index (χ2v) is 6.12. The van der Waals surface area contributed by atoms with E-state index < -0.39 is 0 Å². The number of rotatable bonds is 9. The lowest BCUT2D eigenvalue weighted by Gasteiger charge is -2.09. The van der Waals surface area contributed by atoms with E-state index in [2.05, 4.69) is 15.6 Å². The van der Waals surface area contributed by atoms with Crippen LogP contribution in [0.15, 0.2) is 48.7 Å². The molecule has 0 bridgehead atoms. The van der Waals surface area contributed by atoms with Crippen molar-refractivity contribution in [1.82, 2.24) is 10.3 Å². The molecular formula is C18H21N3O3S. The minimum atomic E-state index is -0.178. The number of ether oxygens (including phenoxy) is 1. The first kappa shape index (κ1) is 18.8. The first-order valence-corrected chi connectivity index (χ1v) is 9.10. The summed E-state index contributed by atoms with van der Waals surface area (Å²) in [6.07, 6.45) is 1.74. The van der Waals surface area contributed by atoms with Crippen molar-refractivity contribution < 1.29 is 14.3 Å². The highest BCUT2D eigenvalue weighted by Crippen LogP contribution is 2.18. The average molecular weight is 359 g/mol. The van der Waals surface area contributed by atoms with Crippen molar-refractivity contribution in [3.63, 3.8) is 0 Å². The summed E-state index contributed by atoms with van der Waals surface area (Å²) in [6.45, 7) is 2.36. The molecule has 2 amide bonds. The lowest BCUT2D eigenvalue weighted by Crippen LogP contribution is -2.28. The van der Waals surface area contributed by atoms with Crippen LogP contribution in [-0.2, 0) is 15.3 Å². The summed E-state index contributed by atoms with van der Waals surface area (Å²) in [5.74, 6) is 1.28. The van der Waals surface area contributed by atoms with Gasteiger partial charge in [-0.3, -0.25) is 14.6 Å². The molecule has 0 spiro atoms. The second-order valence-electron chi connectivity index (χ2n) is 5.13. The molecule has 2 rings (SSSR count). The fourth-order valence-corrected chi connectivity index (χ4v) is 2.73. The molecule has 6 nitrogen and oxygen atoms in total. The van der Waals surface area contributed by atoms with E-state index in [1.807, 2.05) is 25.1 Å². The van der Waals surface area contributed by atoms with E-state index in [1.54, 1.807) is 30.5 Å². The van der Waals surface area contributed by atoms with E-state index in [0.29, 0.717) is 29.5 Å². The Balaban J connectivity index is 1.76. The maximum atomic E-state index is 12.0. The Hall–Kier alpha value is -2.54. The maximum absolute atomic E-state index is 12.0. The largest absolute Gasteiger partial charge is 0.484 e. The number of carbonyl (C=O) groups excluding carboxylic acids is 2. The highest BCUT2D eigenvalue weighted by Gasteiger charge is 2.06. The topological polar surface area (TPSA) is 80.3 Å². The fourth-order valence-electron chi connectivity index (χ4n) is 1.99. The van der Waals surface area contributed by atoms with Gasteiger partial charge in [-0.15, -0.1) is 11.8 Å². The molecule has 0 aliphatic rings. The molecule has 0 aliphatic heterocycles. The van der Waals surface area contributed by atoms with E-state index in [0.717, 1.165) is 5.69 Å². The number of pyridine rings is 1. The summed E-state index contributed by atoms with van der Waals surface area (Å²) in [4.78, 5) is 27.6. The van der Waals surface area contributed by atoms with E-state index in [9.17, 15) is 9.59 Å². The molecule has 0 aliphatic carbocycles. The number of carbonyl (C=O) groups is 2. The van der Waals surface area contributed by atoms with Crippen molar-refractivity contribution in [2.45, 2.75) is 12.7 Å². The number of nitrogens with one attached hydrogen (secondary N) is 2. The van der Waals surface area contributed by atoms with Crippen molar-refractivity contribution in [1.29, 1.82) is 0 Å². The SMILES string of the molecule is CCNC(=O)COc1cccc(NC(=O)CSCc2ccccn2)c1. The number of thioether (sulfide) groups is 1. The van der Waals surface area contributed by atoms with Crippen molar-refractivity contribution >= 4 is 29.3 Å². The van der Waals surface area contributed by atoms with Crippen LogP contribution in [0.5, 0.6) is 5.75 Å². The van der Waals surface area contributed by atoms with Gasteiger partial charge in [-0.2, -0.15) is 0 Å². The predicted molar refractivity (Wildman–Crippen MR) is 99.6 cm³/mol. The van der Waals surface area contributed by atoms with Gasteiger partial charge in [-0.25, -0.2) is 0 Å². The Kier molecular flexibility index (Phi) is 7.78. The molecule has 0 atom stereocenters. The van der Waals surface area contributed by atoms with Gasteiger partial charge in [0.15, 0.2) is 6.61 Å². The Morgan fingerprint density at radius 1 is 1.16 bits per heavy atom. The average Bonchev–Trinajstić information content (AvgIpc) is 2.61. The fraction of sp³-hybridized carbons (Fsp3) is 0.278. The number of amides is 2. The molecule has 0 fully saturated rings. The Morgan fingerprint density at radius 2 is 2.04 bits per heavy atom. The number of likely N-dealkylation sites (N-methyl/N-ethyl adjacent to an activating group) is 1. The minimum absolute atomic E-state index is 0.0504. The van der Waals surface area contributed by atoms with Gasteiger partial charge >= 0.3 is 0 Å². The Labute approximate surface area is 151 Å². The summed E-state index contributed by atoms with van der Waals surface area (Å²) < 4.78 is 5.40. The van der Waals surface area contributed by atoms with E-state index in [-0.39, 0.29) is 18.4 Å². The molecule has 2 N–H and O–H groups in total. The lowest BCUT2D eigenvalue weighted by atomic mass is 10.3. The molecule has 7 heteroatoms. The van der Waals surface area contributed by atoms with Gasteiger partial charge in [0.1, 0.15) is 5.75 Å². The van der Waals surface area contributed by atoms with Crippen LogP contribution in [0.1, 0.15) is 12.6 Å². The Bertz CT molecular complexity index is 695. The number of hydrogen-bond donors (Lipinski definition) is 2. The molecule has 1 aromatic carbocycles. The van der Waals surface area contributed by atoms with Gasteiger partial charge in [0.05, 0.1) is 11.4 Å². The summed E-state index contributed by atoms with van der Waals surface area (Å²) in [6, 6.07) is 12.7. The third-order valence-corrected chi connectivity index (χ3v) is 4.04. The summed E-state index contributed by atoms with van der Waals surface area (Å²) in [7, 11) is 0. The van der Waals surface area contributed by atoms with Gasteiger partial charge in [0, 0.05) is 30.2 Å². The molecule has 0 saturated heterocycles. The third kappa shape index (κ3) is 7.26. The van der Waals surface area contributed by atoms with Crippen LogP contribution < -0.4 is 15.4 Å². The molecule has 1 aromatic heterocycles. The van der Waals surface area contributed by atoms with Crippen molar-refractivity contribution in [3.8, 4) is 5.75 Å². The van der Waals surface area contributed by atoms with E-state index in [1.165, 1.54) is 11.8 Å². The van der Waals surface area contributed by atoms with Crippen LogP contribution in [0.2, 0.25) is 0 Å². The van der Waals surface area contributed by atoms with Crippen molar-refractivity contribution in [2.75, 3.05) is 24.2 Å². The van der Waals surface area contributed by atoms with Crippen LogP contribution >= 0.6 is 11.8 Å². The highest BCUT2D eigenvalue weighted by molar-refractivity contribution is 7.99. The van der Waals surface area contributed by atoms with Crippen molar-refractivity contribution in [3.05, 3.63) is 54.4 Å².